The molecule has 1 amide bonds. The normalized spacial score (nSPS) is 16.4. The maximum atomic E-state index is 13.5. The SMILES string of the molecule is Cn1cnc(COc2cc(N(C(=O)O)C3CCC(F)(F)CC3)nc(C(N)=S)n2)n1. The molecule has 0 saturated heterocycles. The number of nitrogens with two attached hydrogens (primary N) is 1. The van der Waals surface area contributed by atoms with E-state index in [0.29, 0.717) is 5.82 Å². The van der Waals surface area contributed by atoms with Crippen LogP contribution in [-0.2, 0) is 13.7 Å². The van der Waals surface area contributed by atoms with Crippen molar-refractivity contribution in [3.05, 3.63) is 24.0 Å². The van der Waals surface area contributed by atoms with Crippen LogP contribution < -0.4 is 15.4 Å². The predicted molar refractivity (Wildman–Crippen MR) is 101 cm³/mol. The quantitative estimate of drug-likeness (QED) is 0.663. The molecular formula is C16H19F2N7O3S. The number of halogens is 2. The van der Waals surface area contributed by atoms with Crippen LogP contribution in [0.5, 0.6) is 5.88 Å². The summed E-state index contributed by atoms with van der Waals surface area (Å²) in [6.07, 6.45) is -0.632. The largest absolute Gasteiger partial charge is 0.469 e. The van der Waals surface area contributed by atoms with E-state index >= 15 is 0 Å². The van der Waals surface area contributed by atoms with Crippen LogP contribution in [0.2, 0.25) is 0 Å². The molecule has 156 valence electrons. The summed E-state index contributed by atoms with van der Waals surface area (Å²) < 4.78 is 34.0. The highest BCUT2D eigenvalue weighted by molar-refractivity contribution is 7.80. The van der Waals surface area contributed by atoms with Crippen molar-refractivity contribution in [2.45, 2.75) is 44.3 Å². The first-order valence-corrected chi connectivity index (χ1v) is 9.11. The van der Waals surface area contributed by atoms with Crippen LogP contribution in [0.3, 0.4) is 0 Å². The summed E-state index contributed by atoms with van der Waals surface area (Å²) in [5.41, 5.74) is 5.61. The first kappa shape index (κ1) is 20.8. The number of thiocarbonyl (C=S) groups is 1. The fourth-order valence-corrected chi connectivity index (χ4v) is 3.12. The number of carboxylic acid groups (broad SMARTS) is 1. The van der Waals surface area contributed by atoms with E-state index in [-0.39, 0.29) is 42.0 Å². The summed E-state index contributed by atoms with van der Waals surface area (Å²) in [5.74, 6) is -2.53. The van der Waals surface area contributed by atoms with Gasteiger partial charge < -0.3 is 15.6 Å². The highest BCUT2D eigenvalue weighted by Crippen LogP contribution is 2.36. The lowest BCUT2D eigenvalue weighted by Crippen LogP contribution is -2.44. The van der Waals surface area contributed by atoms with Crippen molar-refractivity contribution >= 4 is 29.1 Å². The van der Waals surface area contributed by atoms with E-state index in [1.54, 1.807) is 7.05 Å². The number of aromatic nitrogens is 5. The van der Waals surface area contributed by atoms with E-state index in [0.717, 1.165) is 4.90 Å². The van der Waals surface area contributed by atoms with E-state index in [2.05, 4.69) is 20.1 Å². The first-order valence-electron chi connectivity index (χ1n) is 8.71. The topological polar surface area (TPSA) is 132 Å². The Morgan fingerprint density at radius 3 is 2.69 bits per heavy atom. The Morgan fingerprint density at radius 1 is 1.45 bits per heavy atom. The number of aryl methyl sites for hydroxylation is 1. The molecule has 0 unspecified atom stereocenters. The van der Waals surface area contributed by atoms with Crippen LogP contribution in [0.1, 0.15) is 37.3 Å². The standard InChI is InChI=1S/C16H19F2N7O3S/c1-24-8-20-10(23-24)7-28-12-6-11(21-14(22-12)13(19)29)25(15(26)27)9-2-4-16(17,18)5-3-9/h6,8-9H,2-5,7H2,1H3,(H2,19,29)(H,26,27). The fourth-order valence-electron chi connectivity index (χ4n) is 3.03. The van der Waals surface area contributed by atoms with Crippen LogP contribution in [0.25, 0.3) is 0 Å². The lowest BCUT2D eigenvalue weighted by Gasteiger charge is -2.34. The molecule has 2 aromatic rings. The van der Waals surface area contributed by atoms with Crippen LogP contribution in [-0.4, -0.2) is 52.9 Å². The van der Waals surface area contributed by atoms with Crippen molar-refractivity contribution in [1.82, 2.24) is 24.7 Å². The van der Waals surface area contributed by atoms with Gasteiger partial charge in [-0.2, -0.15) is 10.1 Å². The van der Waals surface area contributed by atoms with Crippen LogP contribution >= 0.6 is 12.2 Å². The van der Waals surface area contributed by atoms with Gasteiger partial charge in [-0.15, -0.1) is 0 Å². The van der Waals surface area contributed by atoms with E-state index < -0.39 is 30.9 Å². The molecule has 0 spiro atoms. The Morgan fingerprint density at radius 2 is 2.14 bits per heavy atom. The van der Waals surface area contributed by atoms with E-state index in [1.165, 1.54) is 17.1 Å². The summed E-state index contributed by atoms with van der Waals surface area (Å²) >= 11 is 4.91. The lowest BCUT2D eigenvalue weighted by molar-refractivity contribution is -0.0379. The van der Waals surface area contributed by atoms with Crippen molar-refractivity contribution in [2.24, 2.45) is 12.8 Å². The van der Waals surface area contributed by atoms with E-state index in [9.17, 15) is 18.7 Å². The second-order valence-corrected chi connectivity index (χ2v) is 7.05. The van der Waals surface area contributed by atoms with Gasteiger partial charge in [0.2, 0.25) is 11.8 Å². The molecule has 0 atom stereocenters. The fraction of sp³-hybridized carbons (Fsp3) is 0.500. The van der Waals surface area contributed by atoms with Crippen LogP contribution in [0.4, 0.5) is 19.4 Å². The average Bonchev–Trinajstić information content (AvgIpc) is 3.06. The minimum atomic E-state index is -2.79. The zero-order valence-electron chi connectivity index (χ0n) is 15.5. The molecular weight excluding hydrogens is 408 g/mol. The molecule has 1 aliphatic rings. The number of rotatable bonds is 6. The minimum absolute atomic E-state index is 0.000245. The molecule has 0 bridgehead atoms. The second kappa shape index (κ2) is 8.19. The van der Waals surface area contributed by atoms with Gasteiger partial charge in [0.05, 0.1) is 0 Å². The summed E-state index contributed by atoms with van der Waals surface area (Å²) in [6, 6.07) is 0.637. The molecule has 2 heterocycles. The molecule has 1 fully saturated rings. The first-order chi connectivity index (χ1) is 13.6. The number of hydrogen-bond donors (Lipinski definition) is 2. The Bertz CT molecular complexity index is 914. The number of alkyl halides is 2. The molecule has 13 heteroatoms. The van der Waals surface area contributed by atoms with Crippen molar-refractivity contribution in [3.8, 4) is 5.88 Å². The van der Waals surface area contributed by atoms with Crippen molar-refractivity contribution in [3.63, 3.8) is 0 Å². The maximum absolute atomic E-state index is 13.5. The van der Waals surface area contributed by atoms with Gasteiger partial charge >= 0.3 is 6.09 Å². The summed E-state index contributed by atoms with van der Waals surface area (Å²) in [4.78, 5) is 24.8. The van der Waals surface area contributed by atoms with Gasteiger partial charge in [-0.25, -0.2) is 23.5 Å². The molecule has 29 heavy (non-hydrogen) atoms. The highest BCUT2D eigenvalue weighted by atomic mass is 32.1. The van der Waals surface area contributed by atoms with E-state index in [4.69, 9.17) is 22.7 Å². The third-order valence-corrected chi connectivity index (χ3v) is 4.59. The Hall–Kier alpha value is -2.96. The van der Waals surface area contributed by atoms with Crippen molar-refractivity contribution in [1.29, 1.82) is 0 Å². The zero-order chi connectivity index (χ0) is 21.2. The molecule has 0 radical (unpaired) electrons. The molecule has 3 rings (SSSR count). The van der Waals surface area contributed by atoms with Gasteiger partial charge in [-0.3, -0.25) is 9.58 Å². The summed E-state index contributed by atoms with van der Waals surface area (Å²) in [6.45, 7) is -0.0310. The highest BCUT2D eigenvalue weighted by Gasteiger charge is 2.39. The van der Waals surface area contributed by atoms with Gasteiger partial charge in [-0.05, 0) is 12.8 Å². The van der Waals surface area contributed by atoms with Gasteiger partial charge in [0.15, 0.2) is 18.3 Å². The van der Waals surface area contributed by atoms with E-state index in [1.807, 2.05) is 0 Å². The predicted octanol–water partition coefficient (Wildman–Crippen LogP) is 1.88. The smallest absolute Gasteiger partial charge is 0.413 e. The molecule has 3 N–H and O–H groups in total. The van der Waals surface area contributed by atoms with Gasteiger partial charge in [-0.1, -0.05) is 12.2 Å². The lowest BCUT2D eigenvalue weighted by atomic mass is 9.91. The molecule has 2 aromatic heterocycles. The molecule has 0 aromatic carbocycles. The zero-order valence-corrected chi connectivity index (χ0v) is 16.3. The monoisotopic (exact) mass is 427 g/mol. The molecule has 10 nitrogen and oxygen atoms in total. The Labute approximate surface area is 169 Å². The third-order valence-electron chi connectivity index (χ3n) is 4.41. The number of hydrogen-bond acceptors (Lipinski definition) is 7. The minimum Gasteiger partial charge on any atom is -0.469 e. The number of nitrogens with zero attached hydrogens (tertiary/aromatic N) is 6. The number of amides is 1. The molecule has 1 aliphatic carbocycles. The van der Waals surface area contributed by atoms with Gasteiger partial charge in [0, 0.05) is 32.0 Å². The maximum Gasteiger partial charge on any atom is 0.413 e. The number of ether oxygens (including phenoxy) is 1. The molecule has 0 aliphatic heterocycles. The Kier molecular flexibility index (Phi) is 5.86. The van der Waals surface area contributed by atoms with Crippen molar-refractivity contribution in [2.75, 3.05) is 4.90 Å². The Balaban J connectivity index is 1.87. The number of carbonyl (C=O) groups is 1. The van der Waals surface area contributed by atoms with Crippen molar-refractivity contribution < 1.29 is 23.4 Å². The van der Waals surface area contributed by atoms with Crippen LogP contribution in [0.15, 0.2) is 12.4 Å². The second-order valence-electron chi connectivity index (χ2n) is 6.62. The summed E-state index contributed by atoms with van der Waals surface area (Å²) in [5, 5.41) is 13.8. The van der Waals surface area contributed by atoms with Gasteiger partial charge in [0.25, 0.3) is 0 Å². The molecule has 1 saturated carbocycles. The number of anilines is 1. The van der Waals surface area contributed by atoms with Crippen LogP contribution in [0, 0.1) is 0 Å². The average molecular weight is 427 g/mol. The third kappa shape index (κ3) is 5.10. The van der Waals surface area contributed by atoms with Gasteiger partial charge in [0.1, 0.15) is 17.1 Å². The summed E-state index contributed by atoms with van der Waals surface area (Å²) in [7, 11) is 1.70.